The third kappa shape index (κ3) is 2.60. The maximum Gasteiger partial charge on any atom is 0.341 e. The number of nitrogens with two attached hydrogens (primary N) is 1. The van der Waals surface area contributed by atoms with E-state index in [-0.39, 0.29) is 35.2 Å². The Bertz CT molecular complexity index is 1110. The molecule has 3 N–H and O–H groups in total. The number of rotatable bonds is 2. The van der Waals surface area contributed by atoms with Crippen LogP contribution in [0.5, 0.6) is 5.75 Å². The zero-order valence-electron chi connectivity index (χ0n) is 16.4. The van der Waals surface area contributed by atoms with E-state index >= 15 is 4.39 Å². The Morgan fingerprint density at radius 1 is 1.30 bits per heavy atom. The molecule has 2 aromatic rings. The second kappa shape index (κ2) is 6.58. The van der Waals surface area contributed by atoms with E-state index in [4.69, 9.17) is 19.9 Å². The van der Waals surface area contributed by atoms with Gasteiger partial charge in [-0.1, -0.05) is 0 Å². The first-order chi connectivity index (χ1) is 14.3. The fraction of sp³-hybridized carbons (Fsp3) is 0.500. The Balaban J connectivity index is 1.70. The lowest BCUT2D eigenvalue weighted by atomic mass is 10.00. The molecule has 2 fully saturated rings. The summed E-state index contributed by atoms with van der Waals surface area (Å²) in [6.07, 6.45) is 2.41. The molecule has 0 radical (unpaired) electrons. The highest BCUT2D eigenvalue weighted by Gasteiger charge is 2.42. The first-order valence-electron chi connectivity index (χ1n) is 9.92. The molecule has 0 amide bonds. The molecular weight excluding hydrogens is 397 g/mol. The minimum atomic E-state index is -1.38. The van der Waals surface area contributed by atoms with Crippen LogP contribution in [-0.4, -0.2) is 54.3 Å². The lowest BCUT2D eigenvalue weighted by molar-refractivity contribution is -0.169. The summed E-state index contributed by atoms with van der Waals surface area (Å²) in [7, 11) is 0. The number of hydrogen-bond donors (Lipinski definition) is 2. The van der Waals surface area contributed by atoms with Crippen LogP contribution >= 0.6 is 0 Å². The van der Waals surface area contributed by atoms with E-state index in [1.54, 1.807) is 4.57 Å². The van der Waals surface area contributed by atoms with Gasteiger partial charge in [0.2, 0.25) is 5.43 Å². The van der Waals surface area contributed by atoms with Gasteiger partial charge < -0.3 is 34.5 Å². The highest BCUT2D eigenvalue weighted by molar-refractivity contribution is 6.03. The van der Waals surface area contributed by atoms with Gasteiger partial charge in [0.25, 0.3) is 0 Å². The third-order valence-corrected chi connectivity index (χ3v) is 6.21. The van der Waals surface area contributed by atoms with Crippen molar-refractivity contribution in [3.63, 3.8) is 0 Å². The number of nitrogen functional groups attached to an aromatic ring is 1. The number of aromatic carboxylic acids is 1. The maximum absolute atomic E-state index is 15.5. The summed E-state index contributed by atoms with van der Waals surface area (Å²) in [5.41, 5.74) is 4.95. The molecule has 0 saturated carbocycles. The van der Waals surface area contributed by atoms with E-state index in [1.165, 1.54) is 6.20 Å². The average Bonchev–Trinajstić information content (AvgIpc) is 3.17. The number of carbonyl (C=O) groups is 1. The van der Waals surface area contributed by atoms with Crippen LogP contribution in [0.3, 0.4) is 0 Å². The van der Waals surface area contributed by atoms with E-state index in [0.29, 0.717) is 44.7 Å². The normalized spacial score (nSPS) is 22.5. The molecule has 9 nitrogen and oxygen atoms in total. The lowest BCUT2D eigenvalue weighted by Gasteiger charge is -2.40. The highest BCUT2D eigenvalue weighted by Crippen LogP contribution is 2.46. The molecule has 1 aromatic heterocycles. The quantitative estimate of drug-likeness (QED) is 0.707. The number of nitrogens with zero attached hydrogens (tertiary/aromatic N) is 2. The zero-order chi connectivity index (χ0) is 21.2. The van der Waals surface area contributed by atoms with Crippen LogP contribution in [0.2, 0.25) is 0 Å². The number of benzene rings is 1. The Labute approximate surface area is 170 Å². The smallest absolute Gasteiger partial charge is 0.341 e. The van der Waals surface area contributed by atoms with Gasteiger partial charge in [-0.15, -0.1) is 0 Å². The number of halogens is 1. The molecule has 160 valence electrons. The number of piperidine rings is 1. The summed E-state index contributed by atoms with van der Waals surface area (Å²) in [6.45, 7) is 4.06. The number of carboxylic acid groups (broad SMARTS) is 1. The van der Waals surface area contributed by atoms with Crippen molar-refractivity contribution in [3.8, 4) is 5.75 Å². The summed E-state index contributed by atoms with van der Waals surface area (Å²) in [6, 6.07) is -0.249. The van der Waals surface area contributed by atoms with Crippen molar-refractivity contribution in [1.29, 1.82) is 0 Å². The summed E-state index contributed by atoms with van der Waals surface area (Å²) < 4.78 is 34.5. The number of carboxylic acids is 1. The Kier molecular flexibility index (Phi) is 4.19. The fourth-order valence-electron chi connectivity index (χ4n) is 4.62. The Morgan fingerprint density at radius 2 is 1.97 bits per heavy atom. The van der Waals surface area contributed by atoms with Crippen LogP contribution in [0.15, 0.2) is 11.0 Å². The number of pyridine rings is 1. The van der Waals surface area contributed by atoms with E-state index in [9.17, 15) is 14.7 Å². The summed E-state index contributed by atoms with van der Waals surface area (Å²) in [5, 5.41) is 9.27. The average molecular weight is 419 g/mol. The van der Waals surface area contributed by atoms with E-state index in [1.807, 2.05) is 11.8 Å². The van der Waals surface area contributed by atoms with Crippen LogP contribution in [0.1, 0.15) is 36.2 Å². The van der Waals surface area contributed by atoms with Crippen molar-refractivity contribution in [2.75, 3.05) is 43.5 Å². The number of aromatic nitrogens is 1. The van der Waals surface area contributed by atoms with Gasteiger partial charge >= 0.3 is 5.97 Å². The van der Waals surface area contributed by atoms with Crippen molar-refractivity contribution in [2.45, 2.75) is 31.6 Å². The number of anilines is 2. The number of hydrogen-bond acceptors (Lipinski definition) is 7. The molecule has 1 aromatic carbocycles. The second-order valence-corrected chi connectivity index (χ2v) is 7.97. The van der Waals surface area contributed by atoms with Crippen molar-refractivity contribution in [1.82, 2.24) is 4.57 Å². The molecule has 0 unspecified atom stereocenters. The predicted molar refractivity (Wildman–Crippen MR) is 106 cm³/mol. The van der Waals surface area contributed by atoms with Crippen molar-refractivity contribution >= 4 is 28.2 Å². The SMILES string of the molecule is C[C@H]1COc2c(N3CCC4(CC3)OCCO4)c(F)c(N)c3c(=O)c(C(=O)O)cn1c23. The fourth-order valence-corrected chi connectivity index (χ4v) is 4.62. The van der Waals surface area contributed by atoms with E-state index < -0.39 is 28.6 Å². The van der Waals surface area contributed by atoms with Gasteiger partial charge in [-0.2, -0.15) is 0 Å². The number of ether oxygens (including phenoxy) is 3. The molecule has 1 atom stereocenters. The molecule has 10 heteroatoms. The Morgan fingerprint density at radius 3 is 2.60 bits per heavy atom. The van der Waals surface area contributed by atoms with Gasteiger partial charge in [0.1, 0.15) is 17.9 Å². The molecule has 3 aliphatic rings. The molecule has 4 heterocycles. The topological polar surface area (TPSA) is 116 Å². The van der Waals surface area contributed by atoms with Gasteiger partial charge in [-0.05, 0) is 6.92 Å². The van der Waals surface area contributed by atoms with Gasteiger partial charge in [0, 0.05) is 32.1 Å². The van der Waals surface area contributed by atoms with Gasteiger partial charge in [-0.25, -0.2) is 9.18 Å². The van der Waals surface area contributed by atoms with E-state index in [2.05, 4.69) is 0 Å². The Hall–Kier alpha value is -2.85. The molecule has 30 heavy (non-hydrogen) atoms. The van der Waals surface area contributed by atoms with Crippen LogP contribution in [0.25, 0.3) is 10.9 Å². The van der Waals surface area contributed by atoms with Gasteiger partial charge in [-0.3, -0.25) is 4.79 Å². The van der Waals surface area contributed by atoms with Crippen molar-refractivity contribution in [3.05, 3.63) is 27.8 Å². The standard InChI is InChI=1S/C20H22FN3O6/c1-10-9-28-18-15-12(17(25)11(19(26)27)8-24(10)15)14(22)13(21)16(18)23-4-2-20(3-5-23)29-6-7-30-20/h8,10H,2-7,9,22H2,1H3,(H,26,27)/t10-/m0/s1. The van der Waals surface area contributed by atoms with Crippen LogP contribution < -0.4 is 20.8 Å². The summed E-state index contributed by atoms with van der Waals surface area (Å²) >= 11 is 0. The third-order valence-electron chi connectivity index (χ3n) is 6.21. The minimum Gasteiger partial charge on any atom is -0.487 e. The molecule has 2 saturated heterocycles. The summed E-state index contributed by atoms with van der Waals surface area (Å²) in [5.74, 6) is -2.57. The zero-order valence-corrected chi connectivity index (χ0v) is 16.4. The first-order valence-corrected chi connectivity index (χ1v) is 9.92. The lowest BCUT2D eigenvalue weighted by Crippen LogP contribution is -2.45. The van der Waals surface area contributed by atoms with E-state index in [0.717, 1.165) is 0 Å². The molecule has 0 aliphatic carbocycles. The van der Waals surface area contributed by atoms with Crippen molar-refractivity contribution in [2.24, 2.45) is 0 Å². The van der Waals surface area contributed by atoms with Crippen LogP contribution in [0, 0.1) is 5.82 Å². The van der Waals surface area contributed by atoms with Crippen molar-refractivity contribution < 1.29 is 28.5 Å². The first kappa shape index (κ1) is 19.1. The predicted octanol–water partition coefficient (Wildman–Crippen LogP) is 1.72. The monoisotopic (exact) mass is 419 g/mol. The van der Waals surface area contributed by atoms with Gasteiger partial charge in [0.05, 0.1) is 35.8 Å². The largest absolute Gasteiger partial charge is 0.487 e. The molecule has 0 bridgehead atoms. The van der Waals surface area contributed by atoms with Crippen LogP contribution in [0.4, 0.5) is 15.8 Å². The molecule has 1 spiro atoms. The molecular formula is C20H22FN3O6. The van der Waals surface area contributed by atoms with Gasteiger partial charge in [0.15, 0.2) is 17.4 Å². The summed E-state index contributed by atoms with van der Waals surface area (Å²) in [4.78, 5) is 26.2. The second-order valence-electron chi connectivity index (χ2n) is 7.97. The molecule has 5 rings (SSSR count). The molecule has 3 aliphatic heterocycles. The highest BCUT2D eigenvalue weighted by atomic mass is 19.1. The van der Waals surface area contributed by atoms with Crippen LogP contribution in [-0.2, 0) is 9.47 Å². The maximum atomic E-state index is 15.5. The minimum absolute atomic E-state index is 0.159.